The number of alkyl halides is 10. The van der Waals surface area contributed by atoms with E-state index >= 15 is 4.39 Å². The number of halogens is 11. The van der Waals surface area contributed by atoms with E-state index in [9.17, 15) is 58.8 Å². The normalized spacial score (nSPS) is 12.2. The van der Waals surface area contributed by atoms with E-state index in [1.807, 2.05) is 0 Å². The average molecular weight is 648 g/mol. The lowest BCUT2D eigenvalue weighted by molar-refractivity contribution is -0.348. The summed E-state index contributed by atoms with van der Waals surface area (Å²) >= 11 is 0. The second-order valence-electron chi connectivity index (χ2n) is 9.20. The van der Waals surface area contributed by atoms with Crippen molar-refractivity contribution in [3.8, 4) is 12.1 Å². The molecule has 17 heteroatoms. The van der Waals surface area contributed by atoms with E-state index in [-0.39, 0.29) is 17.2 Å². The molecule has 0 radical (unpaired) electrons. The van der Waals surface area contributed by atoms with Crippen LogP contribution in [0.3, 0.4) is 0 Å². The Bertz CT molecular complexity index is 1700. The zero-order valence-electron chi connectivity index (χ0n) is 22.2. The summed E-state index contributed by atoms with van der Waals surface area (Å²) in [5, 5.41) is 19.7. The second kappa shape index (κ2) is 12.1. The number of rotatable bonds is 6. The molecular weight excluding hydrogens is 633 g/mol. The topological polar surface area (TPSA) is 97.0 Å². The summed E-state index contributed by atoms with van der Waals surface area (Å²) in [4.78, 5) is 26.5. The average Bonchev–Trinajstić information content (AvgIpc) is 2.94. The van der Waals surface area contributed by atoms with Gasteiger partial charge in [-0.1, -0.05) is 12.1 Å². The minimum absolute atomic E-state index is 0.134. The van der Waals surface area contributed by atoms with Gasteiger partial charge in [0.05, 0.1) is 40.2 Å². The van der Waals surface area contributed by atoms with E-state index in [0.717, 1.165) is 18.2 Å². The summed E-state index contributed by atoms with van der Waals surface area (Å²) < 4.78 is 151. The molecule has 0 heterocycles. The quantitative estimate of drug-likeness (QED) is 0.219. The van der Waals surface area contributed by atoms with Gasteiger partial charge in [0.15, 0.2) is 5.82 Å². The molecule has 0 fully saturated rings. The lowest BCUT2D eigenvalue weighted by Crippen LogP contribution is -2.50. The number of hydrogen-bond acceptors (Lipinski definition) is 4. The number of nitriles is 2. The van der Waals surface area contributed by atoms with Gasteiger partial charge in [0.25, 0.3) is 11.8 Å². The smallest absolute Gasteiger partial charge is 0.321 e. The number of nitrogens with zero attached hydrogens (tertiary/aromatic N) is 3. The minimum atomic E-state index is -6.74. The van der Waals surface area contributed by atoms with Gasteiger partial charge in [0, 0.05) is 11.1 Å². The number of carbonyl (C=O) groups is 2. The van der Waals surface area contributed by atoms with Gasteiger partial charge in [0.1, 0.15) is 6.54 Å². The minimum Gasteiger partial charge on any atom is -0.321 e. The van der Waals surface area contributed by atoms with Gasteiger partial charge in [0.2, 0.25) is 0 Å². The molecule has 1 N–H and O–H groups in total. The molecule has 3 aromatic carbocycles. The van der Waals surface area contributed by atoms with Crippen LogP contribution in [0.15, 0.2) is 54.6 Å². The predicted octanol–water partition coefficient (Wildman–Crippen LogP) is 7.74. The van der Waals surface area contributed by atoms with Gasteiger partial charge in [-0.15, -0.1) is 0 Å². The zero-order chi connectivity index (χ0) is 34.1. The number of nitrogens with one attached hydrogen (secondary N) is 1. The summed E-state index contributed by atoms with van der Waals surface area (Å²) in [6, 6.07) is 9.89. The maximum Gasteiger partial charge on any atom is 0.435 e. The van der Waals surface area contributed by atoms with Crippen LogP contribution in [0.1, 0.15) is 43.0 Å². The number of amides is 2. The maximum atomic E-state index is 15.6. The third kappa shape index (κ3) is 6.52. The van der Waals surface area contributed by atoms with Crippen molar-refractivity contribution in [2.24, 2.45) is 0 Å². The van der Waals surface area contributed by atoms with Crippen LogP contribution in [0.25, 0.3) is 0 Å². The van der Waals surface area contributed by atoms with Crippen LogP contribution in [0.2, 0.25) is 0 Å². The Morgan fingerprint density at radius 1 is 0.867 bits per heavy atom. The van der Waals surface area contributed by atoms with Crippen molar-refractivity contribution < 1.29 is 57.9 Å². The highest BCUT2D eigenvalue weighted by Crippen LogP contribution is 2.54. The van der Waals surface area contributed by atoms with Crippen LogP contribution in [0, 0.1) is 35.4 Å². The van der Waals surface area contributed by atoms with Crippen LogP contribution in [0.4, 0.5) is 59.7 Å². The highest BCUT2D eigenvalue weighted by atomic mass is 19.4. The Kier molecular flexibility index (Phi) is 9.20. The molecule has 6 nitrogen and oxygen atoms in total. The van der Waals surface area contributed by atoms with E-state index in [2.05, 4.69) is 0 Å². The lowest BCUT2D eigenvalue weighted by Gasteiger charge is -2.31. The molecule has 0 unspecified atom stereocenters. The fourth-order valence-electron chi connectivity index (χ4n) is 4.13. The first-order chi connectivity index (χ1) is 20.7. The van der Waals surface area contributed by atoms with E-state index in [1.54, 1.807) is 17.5 Å². The van der Waals surface area contributed by atoms with E-state index in [4.69, 9.17) is 5.26 Å². The number of anilines is 2. The summed E-state index contributed by atoms with van der Waals surface area (Å²) in [5.74, 6) is -4.24. The summed E-state index contributed by atoms with van der Waals surface area (Å²) in [6.45, 7) is -0.248. The van der Waals surface area contributed by atoms with Gasteiger partial charge < -0.3 is 5.32 Å². The molecule has 0 aliphatic heterocycles. The second-order valence-corrected chi connectivity index (χ2v) is 9.20. The van der Waals surface area contributed by atoms with Gasteiger partial charge in [-0.2, -0.15) is 50.0 Å². The molecule has 2 amide bonds. The molecule has 0 bridgehead atoms. The lowest BCUT2D eigenvalue weighted by atomic mass is 9.90. The van der Waals surface area contributed by atoms with Gasteiger partial charge in [-0.05, 0) is 55.0 Å². The van der Waals surface area contributed by atoms with Crippen molar-refractivity contribution in [3.63, 3.8) is 0 Å². The van der Waals surface area contributed by atoms with E-state index in [0.29, 0.717) is 11.8 Å². The Morgan fingerprint density at radius 3 is 1.93 bits per heavy atom. The third-order valence-electron chi connectivity index (χ3n) is 6.31. The fourth-order valence-corrected chi connectivity index (χ4v) is 4.13. The number of aryl methyl sites for hydroxylation is 1. The summed E-state index contributed by atoms with van der Waals surface area (Å²) in [6.07, 6.45) is -19.2. The van der Waals surface area contributed by atoms with Crippen molar-refractivity contribution >= 4 is 23.2 Å². The van der Waals surface area contributed by atoms with Crippen LogP contribution >= 0.6 is 0 Å². The van der Waals surface area contributed by atoms with Crippen molar-refractivity contribution in [3.05, 3.63) is 93.8 Å². The third-order valence-corrected chi connectivity index (χ3v) is 6.31. The van der Waals surface area contributed by atoms with Crippen LogP contribution in [-0.4, -0.2) is 30.7 Å². The Morgan fingerprint density at radius 2 is 1.44 bits per heavy atom. The highest BCUT2D eigenvalue weighted by molar-refractivity contribution is 6.09. The molecule has 0 aromatic heterocycles. The van der Waals surface area contributed by atoms with E-state index in [1.165, 1.54) is 24.3 Å². The molecule has 0 aliphatic rings. The Labute approximate surface area is 245 Å². The molecule has 0 saturated heterocycles. The summed E-state index contributed by atoms with van der Waals surface area (Å²) in [7, 11) is 0. The first-order valence-corrected chi connectivity index (χ1v) is 12.0. The predicted molar refractivity (Wildman–Crippen MR) is 134 cm³/mol. The monoisotopic (exact) mass is 648 g/mol. The molecule has 45 heavy (non-hydrogen) atoms. The molecule has 0 aliphatic carbocycles. The summed E-state index contributed by atoms with van der Waals surface area (Å²) in [5.41, 5.74) is -15.2. The Hall–Kier alpha value is -5.19. The molecule has 3 aromatic rings. The van der Waals surface area contributed by atoms with Crippen LogP contribution in [0.5, 0.6) is 0 Å². The van der Waals surface area contributed by atoms with Gasteiger partial charge in [-0.25, -0.2) is 8.78 Å². The first kappa shape index (κ1) is 34.3. The van der Waals surface area contributed by atoms with Crippen LogP contribution < -0.4 is 10.2 Å². The van der Waals surface area contributed by atoms with Gasteiger partial charge in [-0.3, -0.25) is 14.5 Å². The number of benzene rings is 3. The first-order valence-electron chi connectivity index (χ1n) is 12.0. The van der Waals surface area contributed by atoms with Crippen molar-refractivity contribution in [1.29, 1.82) is 10.5 Å². The molecule has 3 rings (SSSR count). The van der Waals surface area contributed by atoms with Crippen molar-refractivity contribution in [2.75, 3.05) is 16.8 Å². The fraction of sp³-hybridized carbons (Fsp3) is 0.214. The molecule has 0 saturated carbocycles. The Balaban J connectivity index is 2.11. The molecule has 0 spiro atoms. The van der Waals surface area contributed by atoms with Crippen LogP contribution in [-0.2, 0) is 11.8 Å². The molecular formula is C28H15F11N4O2. The van der Waals surface area contributed by atoms with E-state index < -0.39 is 88.1 Å². The van der Waals surface area contributed by atoms with Crippen molar-refractivity contribution in [1.82, 2.24) is 0 Å². The standard InChI is InChI=1S/C28H15F11N4O2/c1-14-11-17(25(30,27(34,35)36)28(37,38)39)12-19(26(31,32)33)22(14)42-23(44)18-3-2-4-20(21(18)29)43(10-9-40)24(45)16-7-5-15(13-41)6-8-16/h2-8,11-12H,10H2,1H3,(H,42,44). The largest absolute Gasteiger partial charge is 0.435 e. The highest BCUT2D eigenvalue weighted by Gasteiger charge is 2.73. The SMILES string of the molecule is Cc1cc(C(F)(C(F)(F)F)C(F)(F)F)cc(C(F)(F)F)c1NC(=O)c1cccc(N(CC#N)C(=O)c2ccc(C#N)cc2)c1F. The maximum absolute atomic E-state index is 15.6. The number of hydrogen-bond donors (Lipinski definition) is 1. The molecule has 0 atom stereocenters. The zero-order valence-corrected chi connectivity index (χ0v) is 22.2. The van der Waals surface area contributed by atoms with Crippen molar-refractivity contribution in [2.45, 2.75) is 31.1 Å². The molecule has 236 valence electrons. The van der Waals surface area contributed by atoms with Gasteiger partial charge >= 0.3 is 24.2 Å². The number of carbonyl (C=O) groups excluding carboxylic acids is 2.